The number of ether oxygens (including phenoxy) is 2. The second kappa shape index (κ2) is 11.0. The molecule has 0 aromatic heterocycles. The molecule has 0 radical (unpaired) electrons. The average Bonchev–Trinajstić information content (AvgIpc) is 2.79. The summed E-state index contributed by atoms with van der Waals surface area (Å²) in [5, 5.41) is 3.51. The van der Waals surface area contributed by atoms with Gasteiger partial charge in [0.15, 0.2) is 0 Å². The normalized spacial score (nSPS) is 14.6. The van der Waals surface area contributed by atoms with Gasteiger partial charge < -0.3 is 14.8 Å². The molecule has 2 aromatic rings. The minimum absolute atomic E-state index is 0.346. The lowest BCUT2D eigenvalue weighted by Crippen LogP contribution is -2.56. The van der Waals surface area contributed by atoms with Crippen molar-refractivity contribution in [2.24, 2.45) is 0 Å². The number of esters is 1. The molecule has 5 nitrogen and oxygen atoms in total. The Hall–Kier alpha value is -2.91. The highest BCUT2D eigenvalue weighted by Gasteiger charge is 2.62. The van der Waals surface area contributed by atoms with Crippen LogP contribution < -0.4 is 10.5 Å². The summed E-state index contributed by atoms with van der Waals surface area (Å²) in [6, 6.07) is 13.7. The standard InChI is InChI=1S/C25H30F3NO4Si/c1-6-16-34(4,5)20-14-12-18(13-15-20)21(17-22(30)32-2)29-23(31)24(33-3,25(26,27)28)19-10-8-7-9-11-19/h6-15,21H,1,16-17H2,2-5H3,(H,29,31)/t21-,24?/m0/s1. The number of nitrogens with one attached hydrogen (secondary N) is 1. The van der Waals surface area contributed by atoms with E-state index in [0.29, 0.717) is 5.56 Å². The number of rotatable bonds is 10. The molecule has 2 aromatic carbocycles. The SMILES string of the molecule is C=CC[Si](C)(C)c1ccc([C@H](CC(=O)OC)NC(=O)C(OC)(c2ccccc2)C(F)(F)F)cc1. The molecule has 0 saturated carbocycles. The minimum Gasteiger partial charge on any atom is -0.469 e. The molecule has 0 aliphatic heterocycles. The smallest absolute Gasteiger partial charge is 0.430 e. The summed E-state index contributed by atoms with van der Waals surface area (Å²) in [5.41, 5.74) is -3.14. The van der Waals surface area contributed by atoms with Crippen LogP contribution in [0.5, 0.6) is 0 Å². The molecule has 0 saturated heterocycles. The monoisotopic (exact) mass is 493 g/mol. The molecule has 2 atom stereocenters. The third-order valence-electron chi connectivity index (χ3n) is 5.86. The molecule has 0 aliphatic rings. The van der Waals surface area contributed by atoms with Crippen molar-refractivity contribution < 1.29 is 32.2 Å². The molecular weight excluding hydrogens is 463 g/mol. The van der Waals surface area contributed by atoms with Crippen molar-refractivity contribution in [1.29, 1.82) is 0 Å². The Bertz CT molecular complexity index is 993. The van der Waals surface area contributed by atoms with Crippen molar-refractivity contribution in [1.82, 2.24) is 5.32 Å². The molecule has 34 heavy (non-hydrogen) atoms. The molecule has 0 aliphatic carbocycles. The second-order valence-electron chi connectivity index (χ2n) is 8.55. The highest BCUT2D eigenvalue weighted by molar-refractivity contribution is 6.90. The topological polar surface area (TPSA) is 64.6 Å². The van der Waals surface area contributed by atoms with E-state index >= 15 is 0 Å². The Labute approximate surface area is 199 Å². The molecule has 0 bridgehead atoms. The number of carbonyl (C=O) groups excluding carboxylic acids is 2. The van der Waals surface area contributed by atoms with Crippen LogP contribution in [0.2, 0.25) is 19.1 Å². The van der Waals surface area contributed by atoms with E-state index in [1.807, 2.05) is 18.2 Å². The second-order valence-corrected chi connectivity index (χ2v) is 13.3. The fourth-order valence-corrected chi connectivity index (χ4v) is 5.86. The maximum Gasteiger partial charge on any atom is 0.430 e. The van der Waals surface area contributed by atoms with Gasteiger partial charge in [-0.2, -0.15) is 13.2 Å². The van der Waals surface area contributed by atoms with Crippen molar-refractivity contribution in [3.63, 3.8) is 0 Å². The number of halogens is 3. The number of amides is 1. The Kier molecular flexibility index (Phi) is 8.85. The van der Waals surface area contributed by atoms with Crippen LogP contribution in [0.3, 0.4) is 0 Å². The average molecular weight is 494 g/mol. The predicted molar refractivity (Wildman–Crippen MR) is 127 cm³/mol. The fourth-order valence-electron chi connectivity index (χ4n) is 3.83. The molecule has 0 heterocycles. The summed E-state index contributed by atoms with van der Waals surface area (Å²) in [6.07, 6.45) is -3.54. The van der Waals surface area contributed by atoms with Crippen molar-refractivity contribution >= 4 is 25.1 Å². The van der Waals surface area contributed by atoms with Gasteiger partial charge >= 0.3 is 12.1 Å². The maximum absolute atomic E-state index is 14.3. The van der Waals surface area contributed by atoms with Crippen LogP contribution in [-0.4, -0.2) is 40.3 Å². The third kappa shape index (κ3) is 5.77. The maximum atomic E-state index is 14.3. The first-order valence-electron chi connectivity index (χ1n) is 10.7. The number of benzene rings is 2. The van der Waals surface area contributed by atoms with Gasteiger partial charge in [0.2, 0.25) is 0 Å². The summed E-state index contributed by atoms with van der Waals surface area (Å²) < 4.78 is 52.4. The van der Waals surface area contributed by atoms with Crippen LogP contribution >= 0.6 is 0 Å². The number of alkyl halides is 3. The molecule has 0 fully saturated rings. The van der Waals surface area contributed by atoms with Crippen molar-refractivity contribution in [2.45, 2.75) is 43.4 Å². The number of methoxy groups -OCH3 is 2. The zero-order valence-electron chi connectivity index (χ0n) is 19.7. The highest BCUT2D eigenvalue weighted by atomic mass is 28.3. The van der Waals surface area contributed by atoms with E-state index in [-0.39, 0.29) is 12.0 Å². The van der Waals surface area contributed by atoms with Crippen LogP contribution in [0.1, 0.15) is 23.6 Å². The minimum atomic E-state index is -5.06. The number of hydrogen-bond acceptors (Lipinski definition) is 4. The van der Waals surface area contributed by atoms with E-state index in [2.05, 4.69) is 25.0 Å². The van der Waals surface area contributed by atoms with Gasteiger partial charge in [-0.3, -0.25) is 9.59 Å². The van der Waals surface area contributed by atoms with E-state index in [9.17, 15) is 22.8 Å². The van der Waals surface area contributed by atoms with E-state index < -0.39 is 37.8 Å². The van der Waals surface area contributed by atoms with Crippen molar-refractivity contribution in [2.75, 3.05) is 14.2 Å². The Morgan fingerprint density at radius 3 is 2.12 bits per heavy atom. The van der Waals surface area contributed by atoms with E-state index in [1.165, 1.54) is 37.4 Å². The van der Waals surface area contributed by atoms with E-state index in [1.54, 1.807) is 12.1 Å². The summed E-state index contributed by atoms with van der Waals surface area (Å²) in [5.74, 6) is -2.10. The first kappa shape index (κ1) is 27.3. The van der Waals surface area contributed by atoms with Crippen molar-refractivity contribution in [3.05, 3.63) is 78.4 Å². The largest absolute Gasteiger partial charge is 0.469 e. The fraction of sp³-hybridized carbons (Fsp3) is 0.360. The molecule has 9 heteroatoms. The van der Waals surface area contributed by atoms with Gasteiger partial charge in [-0.15, -0.1) is 6.58 Å². The molecular formula is C25H30F3NO4Si. The molecule has 1 N–H and O–H groups in total. The van der Waals surface area contributed by atoms with Gasteiger partial charge in [-0.1, -0.05) is 79.0 Å². The first-order chi connectivity index (χ1) is 15.9. The molecule has 1 amide bonds. The van der Waals surface area contributed by atoms with Gasteiger partial charge in [-0.25, -0.2) is 0 Å². The van der Waals surface area contributed by atoms with Gasteiger partial charge in [0, 0.05) is 12.7 Å². The highest BCUT2D eigenvalue weighted by Crippen LogP contribution is 2.42. The molecule has 2 rings (SSSR count). The lowest BCUT2D eigenvalue weighted by atomic mass is 9.90. The van der Waals surface area contributed by atoms with Crippen LogP contribution in [0.4, 0.5) is 13.2 Å². The first-order valence-corrected chi connectivity index (χ1v) is 13.9. The zero-order valence-corrected chi connectivity index (χ0v) is 20.7. The van der Waals surface area contributed by atoms with Crippen LogP contribution in [0.25, 0.3) is 0 Å². The number of allylic oxidation sites excluding steroid dienone is 1. The molecule has 1 unspecified atom stereocenters. The summed E-state index contributed by atoms with van der Waals surface area (Å²) in [4.78, 5) is 25.2. The quantitative estimate of drug-likeness (QED) is 0.298. The number of hydrogen-bond donors (Lipinski definition) is 1. The lowest BCUT2D eigenvalue weighted by molar-refractivity contribution is -0.266. The van der Waals surface area contributed by atoms with Gasteiger partial charge in [0.1, 0.15) is 0 Å². The molecule has 184 valence electrons. The number of carbonyl (C=O) groups is 2. The van der Waals surface area contributed by atoms with Crippen molar-refractivity contribution in [3.8, 4) is 0 Å². The third-order valence-corrected chi connectivity index (χ3v) is 9.06. The lowest BCUT2D eigenvalue weighted by Gasteiger charge is -2.34. The van der Waals surface area contributed by atoms with E-state index in [0.717, 1.165) is 18.3 Å². The van der Waals surface area contributed by atoms with E-state index in [4.69, 9.17) is 9.47 Å². The Morgan fingerprint density at radius 2 is 1.65 bits per heavy atom. The van der Waals surface area contributed by atoms with Gasteiger partial charge in [-0.05, 0) is 11.6 Å². The van der Waals surface area contributed by atoms with Crippen LogP contribution in [0.15, 0.2) is 67.3 Å². The Balaban J connectivity index is 2.48. The summed E-state index contributed by atoms with van der Waals surface area (Å²) in [7, 11) is 0.225. The molecule has 0 spiro atoms. The summed E-state index contributed by atoms with van der Waals surface area (Å²) in [6.45, 7) is 8.15. The zero-order chi connectivity index (χ0) is 25.6. The predicted octanol–water partition coefficient (Wildman–Crippen LogP) is 4.61. The van der Waals surface area contributed by atoms with Gasteiger partial charge in [0.25, 0.3) is 11.5 Å². The van der Waals surface area contributed by atoms with Gasteiger partial charge in [0.05, 0.1) is 27.6 Å². The van der Waals surface area contributed by atoms with Crippen LogP contribution in [0, 0.1) is 0 Å². The summed E-state index contributed by atoms with van der Waals surface area (Å²) >= 11 is 0. The Morgan fingerprint density at radius 1 is 1.06 bits per heavy atom. The van der Waals surface area contributed by atoms with Crippen LogP contribution in [-0.2, 0) is 24.7 Å².